The van der Waals surface area contributed by atoms with Crippen molar-refractivity contribution in [2.75, 3.05) is 13.1 Å². The molecule has 2 aliphatic rings. The summed E-state index contributed by atoms with van der Waals surface area (Å²) in [4.78, 5) is 0. The Morgan fingerprint density at radius 1 is 1.56 bits per heavy atom. The van der Waals surface area contributed by atoms with Crippen LogP contribution in [0.3, 0.4) is 0 Å². The molecule has 0 aromatic carbocycles. The van der Waals surface area contributed by atoms with Crippen molar-refractivity contribution in [1.29, 1.82) is 0 Å². The lowest BCUT2D eigenvalue weighted by Crippen LogP contribution is -2.24. The highest BCUT2D eigenvalue weighted by atomic mass is 127. The Morgan fingerprint density at radius 3 is 3.22 bits per heavy atom. The number of halogens is 1. The molecule has 2 rings (SSSR count). The molecule has 0 unspecified atom stereocenters. The second-order valence-electron chi connectivity index (χ2n) is 3.25. The molecule has 0 amide bonds. The van der Waals surface area contributed by atoms with Crippen molar-refractivity contribution < 1.29 is 0 Å². The zero-order chi connectivity index (χ0) is 6.32. The Morgan fingerprint density at radius 2 is 2.44 bits per heavy atom. The number of nitrogens with one attached hydrogen (secondary N) is 1. The number of hydrogen-bond acceptors (Lipinski definition) is 1. The normalized spacial score (nSPS) is 49.7. The van der Waals surface area contributed by atoms with E-state index in [4.69, 9.17) is 0 Å². The predicted molar refractivity (Wildman–Crippen MR) is 47.0 cm³/mol. The summed E-state index contributed by atoms with van der Waals surface area (Å²) in [6, 6.07) is 0. The van der Waals surface area contributed by atoms with Gasteiger partial charge in [-0.2, -0.15) is 0 Å². The molecule has 1 aliphatic heterocycles. The molecule has 1 heterocycles. The summed E-state index contributed by atoms with van der Waals surface area (Å²) in [6.45, 7) is 2.54. The third kappa shape index (κ3) is 0.909. The maximum Gasteiger partial charge on any atom is 0.0386 e. The standard InChI is InChI=1S/C7H12IN/c8-7-3-1-2-6(7)4-9-5-7/h6,9H,1-5H2/t6-,7-/m1/s1. The second kappa shape index (κ2) is 2.09. The highest BCUT2D eigenvalue weighted by molar-refractivity contribution is 14.1. The van der Waals surface area contributed by atoms with E-state index in [-0.39, 0.29) is 0 Å². The summed E-state index contributed by atoms with van der Waals surface area (Å²) in [5.41, 5.74) is 0. The lowest BCUT2D eigenvalue weighted by molar-refractivity contribution is 0.561. The number of fused-ring (bicyclic) bond motifs is 1. The molecular weight excluding hydrogens is 225 g/mol. The van der Waals surface area contributed by atoms with Crippen molar-refractivity contribution >= 4 is 22.6 Å². The molecule has 1 aliphatic carbocycles. The molecule has 0 aromatic heterocycles. The van der Waals surface area contributed by atoms with Crippen molar-refractivity contribution in [2.24, 2.45) is 5.92 Å². The van der Waals surface area contributed by atoms with Crippen LogP contribution in [0.5, 0.6) is 0 Å². The van der Waals surface area contributed by atoms with Gasteiger partial charge in [-0.05, 0) is 25.3 Å². The minimum absolute atomic E-state index is 0.664. The van der Waals surface area contributed by atoms with Crippen LogP contribution in [-0.2, 0) is 0 Å². The van der Waals surface area contributed by atoms with Gasteiger partial charge in [0.2, 0.25) is 0 Å². The van der Waals surface area contributed by atoms with Gasteiger partial charge in [0, 0.05) is 9.97 Å². The molecule has 1 nitrogen and oxygen atoms in total. The van der Waals surface area contributed by atoms with Gasteiger partial charge < -0.3 is 5.32 Å². The Balaban J connectivity index is 2.17. The Kier molecular flexibility index (Phi) is 1.49. The van der Waals surface area contributed by atoms with E-state index in [1.807, 2.05) is 0 Å². The van der Waals surface area contributed by atoms with E-state index in [1.165, 1.54) is 32.4 Å². The van der Waals surface area contributed by atoms with Crippen molar-refractivity contribution in [2.45, 2.75) is 22.7 Å². The molecule has 2 atom stereocenters. The van der Waals surface area contributed by atoms with Crippen LogP contribution < -0.4 is 5.32 Å². The topological polar surface area (TPSA) is 12.0 Å². The minimum atomic E-state index is 0.664. The molecule has 9 heavy (non-hydrogen) atoms. The summed E-state index contributed by atoms with van der Waals surface area (Å²) in [5.74, 6) is 0.998. The monoisotopic (exact) mass is 237 g/mol. The van der Waals surface area contributed by atoms with Crippen LogP contribution in [0, 0.1) is 5.92 Å². The zero-order valence-corrected chi connectivity index (χ0v) is 7.65. The molecule has 1 saturated carbocycles. The molecule has 1 N–H and O–H groups in total. The van der Waals surface area contributed by atoms with Crippen molar-refractivity contribution in [1.82, 2.24) is 5.32 Å². The molecule has 0 spiro atoms. The molecule has 0 radical (unpaired) electrons. The summed E-state index contributed by atoms with van der Waals surface area (Å²) in [5, 5.41) is 3.46. The number of hydrogen-bond donors (Lipinski definition) is 1. The maximum absolute atomic E-state index is 3.46. The highest BCUT2D eigenvalue weighted by Crippen LogP contribution is 2.44. The number of alkyl halides is 1. The Hall–Kier alpha value is 0.690. The van der Waals surface area contributed by atoms with Gasteiger partial charge in [0.05, 0.1) is 0 Å². The zero-order valence-electron chi connectivity index (χ0n) is 5.49. The minimum Gasteiger partial charge on any atom is -0.315 e. The predicted octanol–water partition coefficient (Wildman–Crippen LogP) is 1.56. The highest BCUT2D eigenvalue weighted by Gasteiger charge is 2.43. The fourth-order valence-corrected chi connectivity index (χ4v) is 3.26. The fraction of sp³-hybridized carbons (Fsp3) is 1.00. The smallest absolute Gasteiger partial charge is 0.0386 e. The largest absolute Gasteiger partial charge is 0.315 e. The first-order valence-corrected chi connectivity index (χ1v) is 4.79. The van der Waals surface area contributed by atoms with Gasteiger partial charge in [-0.15, -0.1) is 0 Å². The van der Waals surface area contributed by atoms with Gasteiger partial charge in [-0.3, -0.25) is 0 Å². The van der Waals surface area contributed by atoms with Gasteiger partial charge in [0.1, 0.15) is 0 Å². The summed E-state index contributed by atoms with van der Waals surface area (Å²) in [7, 11) is 0. The van der Waals surface area contributed by atoms with E-state index in [9.17, 15) is 0 Å². The van der Waals surface area contributed by atoms with Gasteiger partial charge in [0.15, 0.2) is 0 Å². The van der Waals surface area contributed by atoms with E-state index < -0.39 is 0 Å². The summed E-state index contributed by atoms with van der Waals surface area (Å²) in [6.07, 6.45) is 4.39. The molecule has 2 fully saturated rings. The van der Waals surface area contributed by atoms with Crippen LogP contribution in [0.15, 0.2) is 0 Å². The Labute approximate surface area is 69.7 Å². The molecule has 52 valence electrons. The maximum atomic E-state index is 3.46. The van der Waals surface area contributed by atoms with Crippen LogP contribution in [0.2, 0.25) is 0 Å². The van der Waals surface area contributed by atoms with Crippen LogP contribution in [0.25, 0.3) is 0 Å². The van der Waals surface area contributed by atoms with Crippen LogP contribution in [-0.4, -0.2) is 16.5 Å². The lowest BCUT2D eigenvalue weighted by atomic mass is 10.0. The van der Waals surface area contributed by atoms with Gasteiger partial charge in [-0.1, -0.05) is 29.0 Å². The summed E-state index contributed by atoms with van der Waals surface area (Å²) < 4.78 is 0.664. The van der Waals surface area contributed by atoms with Crippen LogP contribution in [0.1, 0.15) is 19.3 Å². The first-order valence-electron chi connectivity index (χ1n) is 3.71. The van der Waals surface area contributed by atoms with Crippen LogP contribution >= 0.6 is 22.6 Å². The van der Waals surface area contributed by atoms with Gasteiger partial charge >= 0.3 is 0 Å². The van der Waals surface area contributed by atoms with E-state index in [1.54, 1.807) is 0 Å². The van der Waals surface area contributed by atoms with E-state index in [0.717, 1.165) is 5.92 Å². The van der Waals surface area contributed by atoms with Crippen LogP contribution in [0.4, 0.5) is 0 Å². The van der Waals surface area contributed by atoms with Gasteiger partial charge in [-0.25, -0.2) is 0 Å². The van der Waals surface area contributed by atoms with Gasteiger partial charge in [0.25, 0.3) is 0 Å². The molecular formula is C7H12IN. The lowest BCUT2D eigenvalue weighted by Gasteiger charge is -2.18. The third-order valence-corrected chi connectivity index (χ3v) is 4.49. The fourth-order valence-electron chi connectivity index (χ4n) is 2.08. The Bertz CT molecular complexity index is 114. The van der Waals surface area contributed by atoms with E-state index in [2.05, 4.69) is 27.9 Å². The molecule has 2 heteroatoms. The molecule has 0 bridgehead atoms. The third-order valence-electron chi connectivity index (χ3n) is 2.69. The van der Waals surface area contributed by atoms with Crippen molar-refractivity contribution in [3.63, 3.8) is 0 Å². The SMILES string of the molecule is I[C@@]12CCC[C@@H]1CNC2. The van der Waals surface area contributed by atoms with Crippen molar-refractivity contribution in [3.05, 3.63) is 0 Å². The quantitative estimate of drug-likeness (QED) is 0.498. The summed E-state index contributed by atoms with van der Waals surface area (Å²) >= 11 is 2.66. The molecule has 0 aromatic rings. The first kappa shape index (κ1) is 6.40. The molecule has 1 saturated heterocycles. The van der Waals surface area contributed by atoms with E-state index >= 15 is 0 Å². The van der Waals surface area contributed by atoms with Crippen molar-refractivity contribution in [3.8, 4) is 0 Å². The second-order valence-corrected chi connectivity index (χ2v) is 5.40. The van der Waals surface area contributed by atoms with E-state index in [0.29, 0.717) is 3.42 Å². The average molecular weight is 237 g/mol. The number of rotatable bonds is 0. The average Bonchev–Trinajstić information content (AvgIpc) is 2.22. The first-order chi connectivity index (χ1) is 4.31.